The van der Waals surface area contributed by atoms with Crippen LogP contribution < -0.4 is 5.73 Å². The first-order valence-corrected chi connectivity index (χ1v) is 5.83. The van der Waals surface area contributed by atoms with Crippen molar-refractivity contribution in [1.82, 2.24) is 0 Å². The molecule has 0 spiro atoms. The van der Waals surface area contributed by atoms with Gasteiger partial charge in [-0.15, -0.1) is 0 Å². The molecule has 0 aliphatic rings. The van der Waals surface area contributed by atoms with E-state index in [9.17, 15) is 0 Å². The highest BCUT2D eigenvalue weighted by molar-refractivity contribution is 9.09. The second kappa shape index (κ2) is 5.72. The van der Waals surface area contributed by atoms with Crippen molar-refractivity contribution in [3.8, 4) is 11.8 Å². The number of nitrogen functional groups attached to an aromatic ring is 1. The third-order valence-electron chi connectivity index (χ3n) is 1.98. The van der Waals surface area contributed by atoms with Crippen LogP contribution in [0.25, 0.3) is 0 Å². The highest BCUT2D eigenvalue weighted by Crippen LogP contribution is 2.13. The molecule has 74 valence electrons. The smallest absolute Gasteiger partial charge is 0.0347 e. The number of aryl methyl sites for hydroxylation is 1. The van der Waals surface area contributed by atoms with Gasteiger partial charge in [0.15, 0.2) is 0 Å². The zero-order valence-corrected chi connectivity index (χ0v) is 9.89. The van der Waals surface area contributed by atoms with Gasteiger partial charge in [-0.25, -0.2) is 0 Å². The lowest BCUT2D eigenvalue weighted by molar-refractivity contribution is 1.14. The van der Waals surface area contributed by atoms with Gasteiger partial charge in [0.2, 0.25) is 0 Å². The number of nitrogens with two attached hydrogens (primary N) is 1. The molecular weight excluding hydrogens is 238 g/mol. The lowest BCUT2D eigenvalue weighted by atomic mass is 10.1. The average Bonchev–Trinajstić information content (AvgIpc) is 2.21. The third kappa shape index (κ3) is 3.08. The largest absolute Gasteiger partial charge is 0.399 e. The summed E-state index contributed by atoms with van der Waals surface area (Å²) in [5.74, 6) is 6.20. The topological polar surface area (TPSA) is 26.0 Å². The van der Waals surface area contributed by atoms with Crippen molar-refractivity contribution in [2.75, 3.05) is 11.1 Å². The van der Waals surface area contributed by atoms with Gasteiger partial charge in [0.1, 0.15) is 0 Å². The maximum Gasteiger partial charge on any atom is 0.0347 e. The van der Waals surface area contributed by atoms with E-state index in [1.807, 2.05) is 12.1 Å². The molecule has 0 aromatic heterocycles. The molecule has 2 N–H and O–H groups in total. The van der Waals surface area contributed by atoms with Gasteiger partial charge in [-0.2, -0.15) is 0 Å². The van der Waals surface area contributed by atoms with Gasteiger partial charge in [-0.05, 0) is 30.2 Å². The van der Waals surface area contributed by atoms with E-state index < -0.39 is 0 Å². The molecular formula is C12H14BrN. The Morgan fingerprint density at radius 3 is 2.86 bits per heavy atom. The summed E-state index contributed by atoms with van der Waals surface area (Å²) < 4.78 is 0. The predicted octanol–water partition coefficient (Wildman–Crippen LogP) is 2.97. The van der Waals surface area contributed by atoms with Crippen LogP contribution in [-0.4, -0.2) is 5.33 Å². The monoisotopic (exact) mass is 251 g/mol. The van der Waals surface area contributed by atoms with E-state index in [0.717, 1.165) is 29.4 Å². The van der Waals surface area contributed by atoms with Crippen LogP contribution in [0, 0.1) is 11.8 Å². The Morgan fingerprint density at radius 2 is 2.21 bits per heavy atom. The summed E-state index contributed by atoms with van der Waals surface area (Å²) in [6, 6.07) is 5.96. The molecule has 0 unspecified atom stereocenters. The minimum atomic E-state index is 0.860. The van der Waals surface area contributed by atoms with Crippen LogP contribution in [0.15, 0.2) is 18.2 Å². The van der Waals surface area contributed by atoms with Gasteiger partial charge in [-0.1, -0.05) is 34.7 Å². The maximum atomic E-state index is 5.80. The summed E-state index contributed by atoms with van der Waals surface area (Å²) in [4.78, 5) is 0. The van der Waals surface area contributed by atoms with Crippen molar-refractivity contribution in [2.45, 2.75) is 19.8 Å². The Kier molecular flexibility index (Phi) is 4.55. The number of alkyl halides is 1. The molecule has 0 amide bonds. The van der Waals surface area contributed by atoms with Crippen molar-refractivity contribution in [3.63, 3.8) is 0 Å². The molecule has 1 nitrogen and oxygen atoms in total. The summed E-state index contributed by atoms with van der Waals surface area (Å²) in [5.41, 5.74) is 8.89. The first-order valence-electron chi connectivity index (χ1n) is 4.71. The van der Waals surface area contributed by atoms with Gasteiger partial charge in [0.05, 0.1) is 0 Å². The third-order valence-corrected chi connectivity index (χ3v) is 2.37. The van der Waals surface area contributed by atoms with E-state index in [2.05, 4.69) is 40.8 Å². The van der Waals surface area contributed by atoms with E-state index >= 15 is 0 Å². The zero-order valence-electron chi connectivity index (χ0n) is 8.31. The van der Waals surface area contributed by atoms with Crippen molar-refractivity contribution < 1.29 is 0 Å². The first-order chi connectivity index (χ1) is 6.77. The fraction of sp³-hybridized carbons (Fsp3) is 0.333. The van der Waals surface area contributed by atoms with Gasteiger partial charge in [0, 0.05) is 23.0 Å². The van der Waals surface area contributed by atoms with Crippen molar-refractivity contribution in [2.24, 2.45) is 0 Å². The predicted molar refractivity (Wildman–Crippen MR) is 65.5 cm³/mol. The standard InChI is InChI=1S/C12H14BrN/c1-2-11-9-10(5-3-4-8-13)6-7-12(11)14/h6-7,9H,2,4,8,14H2,1H3. The highest BCUT2D eigenvalue weighted by atomic mass is 79.9. The van der Waals surface area contributed by atoms with Crippen molar-refractivity contribution in [1.29, 1.82) is 0 Å². The minimum Gasteiger partial charge on any atom is -0.399 e. The van der Waals surface area contributed by atoms with Gasteiger partial charge in [-0.3, -0.25) is 0 Å². The molecule has 0 saturated carbocycles. The normalized spacial score (nSPS) is 9.29. The SMILES string of the molecule is CCc1cc(C#CCCBr)ccc1N. The Hall–Kier alpha value is -0.940. The number of hydrogen-bond acceptors (Lipinski definition) is 1. The van der Waals surface area contributed by atoms with Crippen molar-refractivity contribution >= 4 is 21.6 Å². The summed E-state index contributed by atoms with van der Waals surface area (Å²) in [5, 5.41) is 0.926. The van der Waals surface area contributed by atoms with E-state index in [0.29, 0.717) is 0 Å². The molecule has 14 heavy (non-hydrogen) atoms. The van der Waals surface area contributed by atoms with Crippen LogP contribution in [0.2, 0.25) is 0 Å². The molecule has 0 fully saturated rings. The van der Waals surface area contributed by atoms with E-state index in [1.165, 1.54) is 5.56 Å². The molecule has 1 aromatic carbocycles. The molecule has 0 radical (unpaired) electrons. The Labute approximate surface area is 93.8 Å². The van der Waals surface area contributed by atoms with E-state index in [4.69, 9.17) is 5.73 Å². The fourth-order valence-corrected chi connectivity index (χ4v) is 1.40. The second-order valence-electron chi connectivity index (χ2n) is 3.01. The fourth-order valence-electron chi connectivity index (χ4n) is 1.20. The number of anilines is 1. The van der Waals surface area contributed by atoms with Crippen LogP contribution in [0.5, 0.6) is 0 Å². The number of hydrogen-bond donors (Lipinski definition) is 1. The van der Waals surface area contributed by atoms with Gasteiger partial charge >= 0.3 is 0 Å². The van der Waals surface area contributed by atoms with Crippen LogP contribution in [0.1, 0.15) is 24.5 Å². The first kappa shape index (κ1) is 11.1. The minimum absolute atomic E-state index is 0.860. The summed E-state index contributed by atoms with van der Waals surface area (Å²) >= 11 is 3.34. The molecule has 0 atom stereocenters. The Morgan fingerprint density at radius 1 is 1.43 bits per heavy atom. The van der Waals surface area contributed by atoms with E-state index in [1.54, 1.807) is 0 Å². The van der Waals surface area contributed by atoms with Crippen LogP contribution >= 0.6 is 15.9 Å². The Bertz CT molecular complexity index is 360. The number of rotatable bonds is 2. The highest BCUT2D eigenvalue weighted by Gasteiger charge is 1.96. The van der Waals surface area contributed by atoms with Crippen LogP contribution in [0.4, 0.5) is 5.69 Å². The zero-order chi connectivity index (χ0) is 10.4. The van der Waals surface area contributed by atoms with Gasteiger partial charge in [0.25, 0.3) is 0 Å². The second-order valence-corrected chi connectivity index (χ2v) is 3.80. The van der Waals surface area contributed by atoms with E-state index in [-0.39, 0.29) is 0 Å². The molecule has 1 rings (SSSR count). The molecule has 0 saturated heterocycles. The molecule has 0 aliphatic heterocycles. The quantitative estimate of drug-likeness (QED) is 0.488. The van der Waals surface area contributed by atoms with Crippen LogP contribution in [-0.2, 0) is 6.42 Å². The summed E-state index contributed by atoms with van der Waals surface area (Å²) in [6.07, 6.45) is 1.84. The molecule has 0 bridgehead atoms. The lowest BCUT2D eigenvalue weighted by Gasteiger charge is -2.02. The molecule has 0 aliphatic carbocycles. The molecule has 2 heteroatoms. The number of benzene rings is 1. The maximum absolute atomic E-state index is 5.80. The molecule has 0 heterocycles. The van der Waals surface area contributed by atoms with Crippen LogP contribution in [0.3, 0.4) is 0 Å². The Balaban J connectivity index is 2.86. The van der Waals surface area contributed by atoms with Crippen molar-refractivity contribution in [3.05, 3.63) is 29.3 Å². The van der Waals surface area contributed by atoms with Gasteiger partial charge < -0.3 is 5.73 Å². The summed E-state index contributed by atoms with van der Waals surface area (Å²) in [6.45, 7) is 2.10. The lowest BCUT2D eigenvalue weighted by Crippen LogP contribution is -1.93. The number of halogens is 1. The summed E-state index contributed by atoms with van der Waals surface area (Å²) in [7, 11) is 0. The average molecular weight is 252 g/mol. The molecule has 1 aromatic rings.